The van der Waals surface area contributed by atoms with Crippen LogP contribution in [0.3, 0.4) is 0 Å². The highest BCUT2D eigenvalue weighted by Crippen LogP contribution is 2.18. The second-order valence-corrected chi connectivity index (χ2v) is 6.18. The standard InChI is InChI=1S/C13H21FN2O2S/c1-3-15-10-5-11-19(17,18)16(4-2)13-8-6-12(14)7-9-13/h6-9,15H,3-5,10-11H2,1-2H3. The summed E-state index contributed by atoms with van der Waals surface area (Å²) in [5.74, 6) is -0.282. The van der Waals surface area contributed by atoms with E-state index in [-0.39, 0.29) is 11.6 Å². The van der Waals surface area contributed by atoms with Crippen molar-refractivity contribution in [3.8, 4) is 0 Å². The summed E-state index contributed by atoms with van der Waals surface area (Å²) in [7, 11) is -3.35. The van der Waals surface area contributed by atoms with Crippen molar-refractivity contribution in [3.63, 3.8) is 0 Å². The van der Waals surface area contributed by atoms with Gasteiger partial charge in [-0.1, -0.05) is 6.92 Å². The largest absolute Gasteiger partial charge is 0.317 e. The number of halogens is 1. The molecule has 1 aromatic carbocycles. The normalized spacial score (nSPS) is 11.5. The van der Waals surface area contributed by atoms with Gasteiger partial charge >= 0.3 is 0 Å². The van der Waals surface area contributed by atoms with E-state index in [9.17, 15) is 12.8 Å². The molecule has 0 heterocycles. The molecule has 0 spiro atoms. The van der Waals surface area contributed by atoms with Crippen LogP contribution < -0.4 is 9.62 Å². The molecule has 0 saturated heterocycles. The lowest BCUT2D eigenvalue weighted by Gasteiger charge is -2.22. The van der Waals surface area contributed by atoms with Gasteiger partial charge in [-0.3, -0.25) is 4.31 Å². The van der Waals surface area contributed by atoms with Crippen LogP contribution in [0.15, 0.2) is 24.3 Å². The third kappa shape index (κ3) is 4.80. The van der Waals surface area contributed by atoms with Gasteiger partial charge in [0.05, 0.1) is 11.4 Å². The van der Waals surface area contributed by atoms with E-state index in [4.69, 9.17) is 0 Å². The number of sulfonamides is 1. The van der Waals surface area contributed by atoms with Crippen molar-refractivity contribution in [1.29, 1.82) is 0 Å². The third-order valence-electron chi connectivity index (χ3n) is 2.74. The zero-order valence-electron chi connectivity index (χ0n) is 11.4. The Morgan fingerprint density at radius 2 is 1.84 bits per heavy atom. The fourth-order valence-electron chi connectivity index (χ4n) is 1.81. The molecule has 1 aromatic rings. The number of rotatable bonds is 8. The molecule has 19 heavy (non-hydrogen) atoms. The van der Waals surface area contributed by atoms with Crippen molar-refractivity contribution >= 4 is 15.7 Å². The van der Waals surface area contributed by atoms with E-state index < -0.39 is 10.0 Å². The molecule has 1 N–H and O–H groups in total. The number of hydrogen-bond acceptors (Lipinski definition) is 3. The molecule has 0 aliphatic carbocycles. The number of nitrogens with one attached hydrogen (secondary N) is 1. The van der Waals surface area contributed by atoms with Crippen LogP contribution in [0.2, 0.25) is 0 Å². The highest BCUT2D eigenvalue weighted by molar-refractivity contribution is 7.92. The minimum Gasteiger partial charge on any atom is -0.317 e. The SMILES string of the molecule is CCNCCCS(=O)(=O)N(CC)c1ccc(F)cc1. The fourth-order valence-corrected chi connectivity index (χ4v) is 3.38. The van der Waals surface area contributed by atoms with E-state index in [1.54, 1.807) is 6.92 Å². The Balaban J connectivity index is 2.75. The van der Waals surface area contributed by atoms with Crippen LogP contribution >= 0.6 is 0 Å². The zero-order chi connectivity index (χ0) is 14.3. The molecule has 0 aliphatic rings. The van der Waals surface area contributed by atoms with E-state index >= 15 is 0 Å². The Labute approximate surface area is 114 Å². The van der Waals surface area contributed by atoms with E-state index in [0.717, 1.165) is 6.54 Å². The molecule has 0 aliphatic heterocycles. The van der Waals surface area contributed by atoms with Crippen LogP contribution in [-0.4, -0.2) is 33.8 Å². The predicted molar refractivity (Wildman–Crippen MR) is 76.4 cm³/mol. The number of anilines is 1. The average molecular weight is 288 g/mol. The maximum atomic E-state index is 12.9. The van der Waals surface area contributed by atoms with Crippen LogP contribution in [-0.2, 0) is 10.0 Å². The van der Waals surface area contributed by atoms with E-state index in [1.165, 1.54) is 28.6 Å². The maximum Gasteiger partial charge on any atom is 0.235 e. The average Bonchev–Trinajstić information content (AvgIpc) is 2.37. The Hall–Kier alpha value is -1.14. The number of nitrogens with zero attached hydrogens (tertiary/aromatic N) is 1. The Bertz CT molecular complexity index is 474. The maximum absolute atomic E-state index is 12.9. The smallest absolute Gasteiger partial charge is 0.235 e. The van der Waals surface area contributed by atoms with Crippen LogP contribution in [0.5, 0.6) is 0 Å². The molecule has 108 valence electrons. The molecule has 6 heteroatoms. The van der Waals surface area contributed by atoms with Gasteiger partial charge in [-0.05, 0) is 50.7 Å². The van der Waals surface area contributed by atoms with Gasteiger partial charge in [0, 0.05) is 6.54 Å². The van der Waals surface area contributed by atoms with Crippen molar-refractivity contribution < 1.29 is 12.8 Å². The van der Waals surface area contributed by atoms with Gasteiger partial charge in [0.25, 0.3) is 0 Å². The van der Waals surface area contributed by atoms with Gasteiger partial charge in [-0.2, -0.15) is 0 Å². The van der Waals surface area contributed by atoms with Crippen molar-refractivity contribution in [2.24, 2.45) is 0 Å². The second kappa shape index (κ2) is 7.45. The molecule has 0 aromatic heterocycles. The number of hydrogen-bond donors (Lipinski definition) is 1. The van der Waals surface area contributed by atoms with E-state index in [1.807, 2.05) is 6.92 Å². The lowest BCUT2D eigenvalue weighted by Crippen LogP contribution is -2.33. The molecule has 0 amide bonds. The Kier molecular flexibility index (Phi) is 6.24. The fraction of sp³-hybridized carbons (Fsp3) is 0.538. The molecule has 0 radical (unpaired) electrons. The minimum absolute atomic E-state index is 0.0885. The molecular weight excluding hydrogens is 267 g/mol. The van der Waals surface area contributed by atoms with Crippen LogP contribution in [0.25, 0.3) is 0 Å². The first kappa shape index (κ1) is 15.9. The van der Waals surface area contributed by atoms with Gasteiger partial charge in [0.15, 0.2) is 0 Å². The first-order valence-electron chi connectivity index (χ1n) is 6.48. The van der Waals surface area contributed by atoms with Crippen molar-refractivity contribution in [2.75, 3.05) is 29.7 Å². The molecule has 1 rings (SSSR count). The molecule has 0 fully saturated rings. The summed E-state index contributed by atoms with van der Waals surface area (Å²) in [6.07, 6.45) is 0.563. The van der Waals surface area contributed by atoms with Gasteiger partial charge in [0.1, 0.15) is 5.82 Å². The molecule has 0 saturated carbocycles. The summed E-state index contributed by atoms with van der Waals surface area (Å²) in [5.41, 5.74) is 0.507. The highest BCUT2D eigenvalue weighted by Gasteiger charge is 2.20. The summed E-state index contributed by atoms with van der Waals surface area (Å²) < 4.78 is 38.6. The summed E-state index contributed by atoms with van der Waals surface area (Å²) in [6, 6.07) is 5.51. The monoisotopic (exact) mass is 288 g/mol. The zero-order valence-corrected chi connectivity index (χ0v) is 12.2. The van der Waals surface area contributed by atoms with Crippen LogP contribution in [0.4, 0.5) is 10.1 Å². The summed E-state index contributed by atoms with van der Waals surface area (Å²) in [5, 5.41) is 3.09. The van der Waals surface area contributed by atoms with Gasteiger partial charge in [-0.25, -0.2) is 12.8 Å². The number of benzene rings is 1. The summed E-state index contributed by atoms with van der Waals surface area (Å²) in [6.45, 7) is 5.60. The molecule has 0 unspecified atom stereocenters. The molecule has 0 bridgehead atoms. The second-order valence-electron chi connectivity index (χ2n) is 4.16. The van der Waals surface area contributed by atoms with E-state index in [0.29, 0.717) is 25.2 Å². The molecule has 0 atom stereocenters. The Morgan fingerprint density at radius 3 is 2.37 bits per heavy atom. The highest BCUT2D eigenvalue weighted by atomic mass is 32.2. The van der Waals surface area contributed by atoms with Crippen molar-refractivity contribution in [3.05, 3.63) is 30.1 Å². The topological polar surface area (TPSA) is 49.4 Å². The van der Waals surface area contributed by atoms with Crippen LogP contribution in [0, 0.1) is 5.82 Å². The van der Waals surface area contributed by atoms with Gasteiger partial charge < -0.3 is 5.32 Å². The predicted octanol–water partition coefficient (Wildman–Crippen LogP) is 1.98. The minimum atomic E-state index is -3.35. The molecule has 4 nitrogen and oxygen atoms in total. The van der Waals surface area contributed by atoms with Gasteiger partial charge in [0.2, 0.25) is 10.0 Å². The van der Waals surface area contributed by atoms with E-state index in [2.05, 4.69) is 5.32 Å². The Morgan fingerprint density at radius 1 is 1.21 bits per heavy atom. The summed E-state index contributed by atoms with van der Waals surface area (Å²) in [4.78, 5) is 0. The first-order chi connectivity index (χ1) is 9.01. The lowest BCUT2D eigenvalue weighted by atomic mass is 10.3. The van der Waals surface area contributed by atoms with Crippen molar-refractivity contribution in [1.82, 2.24) is 5.32 Å². The van der Waals surface area contributed by atoms with Crippen LogP contribution in [0.1, 0.15) is 20.3 Å². The van der Waals surface area contributed by atoms with Crippen molar-refractivity contribution in [2.45, 2.75) is 20.3 Å². The van der Waals surface area contributed by atoms with Gasteiger partial charge in [-0.15, -0.1) is 0 Å². The molecular formula is C13H21FN2O2S. The first-order valence-corrected chi connectivity index (χ1v) is 8.09. The third-order valence-corrected chi connectivity index (χ3v) is 4.69. The summed E-state index contributed by atoms with van der Waals surface area (Å²) >= 11 is 0. The lowest BCUT2D eigenvalue weighted by molar-refractivity contribution is 0.585. The quantitative estimate of drug-likeness (QED) is 0.744.